The van der Waals surface area contributed by atoms with Crippen molar-refractivity contribution in [1.29, 1.82) is 0 Å². The summed E-state index contributed by atoms with van der Waals surface area (Å²) in [5, 5.41) is 3.35. The summed E-state index contributed by atoms with van der Waals surface area (Å²) in [4.78, 5) is 12.9. The Bertz CT molecular complexity index is 374. The molecule has 0 bridgehead atoms. The highest BCUT2D eigenvalue weighted by Gasteiger charge is 1.95. The van der Waals surface area contributed by atoms with E-state index in [0.29, 0.717) is 16.8 Å². The smallest absolute Gasteiger partial charge is 0.150 e. The fourth-order valence-corrected chi connectivity index (χ4v) is 0.866. The second-order valence-corrected chi connectivity index (χ2v) is 2.38. The fraction of sp³-hybridized carbons (Fsp3) is 0. The Kier molecular flexibility index (Phi) is 2.84. The van der Waals surface area contributed by atoms with Crippen LogP contribution in [0, 0.1) is 0 Å². The summed E-state index contributed by atoms with van der Waals surface area (Å²) in [5.74, 6) is 0. The van der Waals surface area contributed by atoms with Crippen LogP contribution in [0.25, 0.3) is 16.1 Å². The van der Waals surface area contributed by atoms with E-state index < -0.39 is 0 Å². The zero-order chi connectivity index (χ0) is 9.68. The Balaban J connectivity index is 2.98. The maximum Gasteiger partial charge on any atom is 0.150 e. The third-order valence-corrected chi connectivity index (χ3v) is 1.55. The van der Waals surface area contributed by atoms with Crippen molar-refractivity contribution >= 4 is 12.0 Å². The van der Waals surface area contributed by atoms with Crippen LogP contribution in [0.2, 0.25) is 0 Å². The summed E-state index contributed by atoms with van der Waals surface area (Å²) in [6.07, 6.45) is 0.750. The van der Waals surface area contributed by atoms with Gasteiger partial charge in [-0.25, -0.2) is 0 Å². The van der Waals surface area contributed by atoms with Gasteiger partial charge in [0.15, 0.2) is 0 Å². The molecule has 0 atom stereocenters. The van der Waals surface area contributed by atoms with E-state index in [1.54, 1.807) is 24.3 Å². The first-order valence-electron chi connectivity index (χ1n) is 3.57. The molecule has 0 aliphatic heterocycles. The Morgan fingerprint density at radius 1 is 1.46 bits per heavy atom. The summed E-state index contributed by atoms with van der Waals surface area (Å²) in [7, 11) is 0. The van der Waals surface area contributed by atoms with Crippen LogP contribution in [0.3, 0.4) is 0 Å². The first kappa shape index (κ1) is 9.03. The maximum atomic E-state index is 10.3. The molecular weight excluding hydrogens is 166 g/mol. The normalized spacial score (nSPS) is 8.62. The molecule has 0 radical (unpaired) electrons. The van der Waals surface area contributed by atoms with E-state index in [-0.39, 0.29) is 0 Å². The predicted octanol–water partition coefficient (Wildman–Crippen LogP) is 2.78. The number of hydrogen-bond acceptors (Lipinski definition) is 2. The number of benzene rings is 1. The van der Waals surface area contributed by atoms with E-state index in [2.05, 4.69) is 16.6 Å². The van der Waals surface area contributed by atoms with E-state index in [4.69, 9.17) is 5.53 Å². The number of aldehydes is 1. The predicted molar refractivity (Wildman–Crippen MR) is 50.0 cm³/mol. The van der Waals surface area contributed by atoms with Crippen LogP contribution < -0.4 is 0 Å². The van der Waals surface area contributed by atoms with Gasteiger partial charge < -0.3 is 0 Å². The lowest BCUT2D eigenvalue weighted by atomic mass is 10.1. The van der Waals surface area contributed by atoms with Crippen LogP contribution in [-0.4, -0.2) is 6.29 Å². The summed E-state index contributed by atoms with van der Waals surface area (Å²) < 4.78 is 0. The van der Waals surface area contributed by atoms with Gasteiger partial charge in [0.25, 0.3) is 0 Å². The second kappa shape index (κ2) is 4.09. The van der Waals surface area contributed by atoms with Crippen molar-refractivity contribution in [2.75, 3.05) is 0 Å². The van der Waals surface area contributed by atoms with Crippen molar-refractivity contribution in [3.8, 4) is 0 Å². The third-order valence-electron chi connectivity index (χ3n) is 1.55. The lowest BCUT2D eigenvalue weighted by Crippen LogP contribution is -1.81. The Hall–Kier alpha value is -2.06. The van der Waals surface area contributed by atoms with Crippen molar-refractivity contribution in [1.82, 2.24) is 0 Å². The van der Waals surface area contributed by atoms with Gasteiger partial charge in [0.1, 0.15) is 6.29 Å². The Labute approximate surface area is 75.1 Å². The summed E-state index contributed by atoms with van der Waals surface area (Å²) >= 11 is 0. The molecule has 64 valence electrons. The zero-order valence-corrected chi connectivity index (χ0v) is 6.84. The van der Waals surface area contributed by atoms with Gasteiger partial charge in [0, 0.05) is 16.2 Å². The van der Waals surface area contributed by atoms with Crippen LogP contribution in [-0.2, 0) is 0 Å². The van der Waals surface area contributed by atoms with E-state index in [9.17, 15) is 4.79 Å². The van der Waals surface area contributed by atoms with Crippen LogP contribution >= 0.6 is 0 Å². The molecule has 1 rings (SSSR count). The van der Waals surface area contributed by atoms with Gasteiger partial charge in [-0.3, -0.25) is 4.79 Å². The van der Waals surface area contributed by atoms with Crippen LogP contribution in [0.1, 0.15) is 15.9 Å². The Morgan fingerprint density at radius 2 is 2.08 bits per heavy atom. The van der Waals surface area contributed by atoms with Crippen LogP contribution in [0.15, 0.2) is 36.0 Å². The van der Waals surface area contributed by atoms with E-state index >= 15 is 0 Å². The molecule has 0 heterocycles. The van der Waals surface area contributed by atoms with Gasteiger partial charge in [-0.1, -0.05) is 36.0 Å². The van der Waals surface area contributed by atoms with Crippen molar-refractivity contribution in [3.05, 3.63) is 52.4 Å². The Morgan fingerprint density at radius 3 is 2.54 bits per heavy atom. The van der Waals surface area contributed by atoms with Crippen molar-refractivity contribution in [2.45, 2.75) is 0 Å². The number of rotatable bonds is 3. The molecule has 4 heteroatoms. The molecule has 0 unspecified atom stereocenters. The summed E-state index contributed by atoms with van der Waals surface area (Å²) in [6, 6.07) is 6.64. The summed E-state index contributed by atoms with van der Waals surface area (Å²) in [5.41, 5.74) is 9.78. The minimum atomic E-state index is 0.347. The topological polar surface area (TPSA) is 65.8 Å². The molecule has 0 aromatic heterocycles. The lowest BCUT2D eigenvalue weighted by Gasteiger charge is -1.97. The van der Waals surface area contributed by atoms with Crippen molar-refractivity contribution < 1.29 is 4.79 Å². The zero-order valence-electron chi connectivity index (χ0n) is 6.84. The highest BCUT2D eigenvalue weighted by molar-refractivity contribution is 5.76. The molecule has 0 aliphatic carbocycles. The fourth-order valence-electron chi connectivity index (χ4n) is 0.866. The van der Waals surface area contributed by atoms with Gasteiger partial charge >= 0.3 is 0 Å². The molecule has 0 saturated carbocycles. The average molecular weight is 173 g/mol. The van der Waals surface area contributed by atoms with Gasteiger partial charge in [-0.2, -0.15) is 0 Å². The SMILES string of the molecule is C=C(N=[N+]=[N-])c1ccc(C=O)cc1. The third kappa shape index (κ3) is 2.18. The summed E-state index contributed by atoms with van der Waals surface area (Å²) in [6.45, 7) is 3.56. The number of nitrogens with zero attached hydrogens (tertiary/aromatic N) is 3. The molecule has 0 amide bonds. The molecule has 0 saturated heterocycles. The molecule has 0 spiro atoms. The van der Waals surface area contributed by atoms with Crippen LogP contribution in [0.5, 0.6) is 0 Å². The lowest BCUT2D eigenvalue weighted by molar-refractivity contribution is 0.112. The maximum absolute atomic E-state index is 10.3. The van der Waals surface area contributed by atoms with Gasteiger partial charge in [-0.15, -0.1) is 0 Å². The first-order chi connectivity index (χ1) is 6.27. The minimum absolute atomic E-state index is 0.347. The number of hydrogen-bond donors (Lipinski definition) is 0. The number of carbonyl (C=O) groups is 1. The van der Waals surface area contributed by atoms with E-state index in [1.807, 2.05) is 0 Å². The van der Waals surface area contributed by atoms with Crippen molar-refractivity contribution in [2.24, 2.45) is 5.11 Å². The van der Waals surface area contributed by atoms with Crippen LogP contribution in [0.4, 0.5) is 0 Å². The quantitative estimate of drug-likeness (QED) is 0.300. The van der Waals surface area contributed by atoms with Gasteiger partial charge in [-0.05, 0) is 11.1 Å². The first-order valence-corrected chi connectivity index (χ1v) is 3.57. The van der Waals surface area contributed by atoms with Crippen molar-refractivity contribution in [3.63, 3.8) is 0 Å². The highest BCUT2D eigenvalue weighted by atomic mass is 16.1. The molecular formula is C9H7N3O. The molecule has 0 fully saturated rings. The largest absolute Gasteiger partial charge is 0.298 e. The van der Waals surface area contributed by atoms with E-state index in [1.165, 1.54) is 0 Å². The van der Waals surface area contributed by atoms with Gasteiger partial charge in [0.2, 0.25) is 0 Å². The molecule has 13 heavy (non-hydrogen) atoms. The van der Waals surface area contributed by atoms with E-state index in [0.717, 1.165) is 6.29 Å². The molecule has 0 aliphatic rings. The molecule has 1 aromatic carbocycles. The molecule has 4 nitrogen and oxygen atoms in total. The van der Waals surface area contributed by atoms with Gasteiger partial charge in [0.05, 0.1) is 0 Å². The number of carbonyl (C=O) groups excluding carboxylic acids is 1. The average Bonchev–Trinajstić information content (AvgIpc) is 2.18. The molecule has 0 N–H and O–H groups in total. The standard InChI is InChI=1S/C9H7N3O/c1-7(11-12-10)9-4-2-8(6-13)3-5-9/h2-6H,1H2. The number of azide groups is 1. The minimum Gasteiger partial charge on any atom is -0.298 e. The monoisotopic (exact) mass is 173 g/mol. The second-order valence-electron chi connectivity index (χ2n) is 2.38. The molecule has 1 aromatic rings. The highest BCUT2D eigenvalue weighted by Crippen LogP contribution is 2.13.